The van der Waals surface area contributed by atoms with Crippen LogP contribution in [0.3, 0.4) is 0 Å². The summed E-state index contributed by atoms with van der Waals surface area (Å²) < 4.78 is 2.11. The summed E-state index contributed by atoms with van der Waals surface area (Å²) in [6, 6.07) is 3.26. The van der Waals surface area contributed by atoms with Crippen molar-refractivity contribution in [1.29, 1.82) is 0 Å². The van der Waals surface area contributed by atoms with Crippen LogP contribution >= 0.6 is 12.2 Å². The number of aromatic nitrogens is 4. The fraction of sp³-hybridized carbons (Fsp3) is 0.333. The maximum atomic E-state index is 11.9. The molecule has 0 aliphatic heterocycles. The molecule has 0 saturated carbocycles. The molecular formula is C12H15N5OS. The topological polar surface area (TPSA) is 75.6 Å². The molecule has 0 spiro atoms. The molecule has 0 fully saturated rings. The molecule has 1 amide bonds. The summed E-state index contributed by atoms with van der Waals surface area (Å²) >= 11 is 5.20. The zero-order valence-corrected chi connectivity index (χ0v) is 11.6. The van der Waals surface area contributed by atoms with E-state index >= 15 is 0 Å². The molecule has 2 heterocycles. The highest BCUT2D eigenvalue weighted by molar-refractivity contribution is 7.71. The van der Waals surface area contributed by atoms with E-state index < -0.39 is 6.04 Å². The maximum absolute atomic E-state index is 11.9. The SMILES string of the molecule is CCNC(=O)C(C)n1c(-c2cccnc2)n[nH]c1=S. The number of hydrogen-bond donors (Lipinski definition) is 2. The molecule has 6 nitrogen and oxygen atoms in total. The minimum Gasteiger partial charge on any atom is -0.355 e. The van der Waals surface area contributed by atoms with Crippen LogP contribution in [0.1, 0.15) is 19.9 Å². The van der Waals surface area contributed by atoms with Crippen molar-refractivity contribution in [3.8, 4) is 11.4 Å². The lowest BCUT2D eigenvalue weighted by Crippen LogP contribution is -2.31. The second kappa shape index (κ2) is 5.75. The van der Waals surface area contributed by atoms with Gasteiger partial charge >= 0.3 is 0 Å². The van der Waals surface area contributed by atoms with E-state index in [0.717, 1.165) is 5.56 Å². The van der Waals surface area contributed by atoms with Crippen molar-refractivity contribution >= 4 is 18.1 Å². The molecule has 0 bridgehead atoms. The summed E-state index contributed by atoms with van der Waals surface area (Å²) in [4.78, 5) is 16.0. The second-order valence-corrected chi connectivity index (χ2v) is 4.42. The van der Waals surface area contributed by atoms with E-state index in [1.165, 1.54) is 0 Å². The molecule has 0 aromatic carbocycles. The summed E-state index contributed by atoms with van der Waals surface area (Å²) in [6.45, 7) is 4.24. The molecular weight excluding hydrogens is 262 g/mol. The van der Waals surface area contributed by atoms with Crippen LogP contribution in [0.25, 0.3) is 11.4 Å². The first kappa shape index (κ1) is 13.4. The van der Waals surface area contributed by atoms with Gasteiger partial charge in [-0.05, 0) is 38.2 Å². The molecule has 1 unspecified atom stereocenters. The predicted molar refractivity (Wildman–Crippen MR) is 74.0 cm³/mol. The predicted octanol–water partition coefficient (Wildman–Crippen LogP) is 1.70. The molecule has 2 rings (SSSR count). The van der Waals surface area contributed by atoms with Crippen LogP contribution in [0.15, 0.2) is 24.5 Å². The first-order chi connectivity index (χ1) is 9.15. The van der Waals surface area contributed by atoms with Crippen molar-refractivity contribution in [2.75, 3.05) is 6.54 Å². The molecule has 2 aromatic heterocycles. The highest BCUT2D eigenvalue weighted by Crippen LogP contribution is 2.20. The number of rotatable bonds is 4. The Morgan fingerprint density at radius 2 is 2.42 bits per heavy atom. The lowest BCUT2D eigenvalue weighted by molar-refractivity contribution is -0.123. The van der Waals surface area contributed by atoms with Crippen molar-refractivity contribution < 1.29 is 4.79 Å². The Morgan fingerprint density at radius 3 is 3.05 bits per heavy atom. The summed E-state index contributed by atoms with van der Waals surface area (Å²) in [5.41, 5.74) is 0.811. The fourth-order valence-electron chi connectivity index (χ4n) is 1.80. The Hall–Kier alpha value is -2.02. The summed E-state index contributed by atoms with van der Waals surface area (Å²) in [5.74, 6) is 0.516. The lowest BCUT2D eigenvalue weighted by Gasteiger charge is -2.14. The van der Waals surface area contributed by atoms with Gasteiger partial charge in [0.15, 0.2) is 10.6 Å². The van der Waals surface area contributed by atoms with E-state index in [1.54, 1.807) is 23.9 Å². The molecule has 100 valence electrons. The number of likely N-dealkylation sites (N-methyl/N-ethyl adjacent to an activating group) is 1. The van der Waals surface area contributed by atoms with Gasteiger partial charge in [-0.25, -0.2) is 0 Å². The molecule has 0 aliphatic rings. The second-order valence-electron chi connectivity index (χ2n) is 4.03. The molecule has 1 atom stereocenters. The Bertz CT molecular complexity index is 619. The third-order valence-electron chi connectivity index (χ3n) is 2.74. The smallest absolute Gasteiger partial charge is 0.242 e. The van der Waals surface area contributed by atoms with Crippen LogP contribution in [0.2, 0.25) is 0 Å². The van der Waals surface area contributed by atoms with E-state index in [9.17, 15) is 4.79 Å². The maximum Gasteiger partial charge on any atom is 0.242 e. The van der Waals surface area contributed by atoms with Gasteiger partial charge in [0.2, 0.25) is 5.91 Å². The number of nitrogens with one attached hydrogen (secondary N) is 2. The Balaban J connectivity index is 2.44. The van der Waals surface area contributed by atoms with E-state index in [-0.39, 0.29) is 5.91 Å². The molecule has 19 heavy (non-hydrogen) atoms. The molecule has 0 radical (unpaired) electrons. The first-order valence-corrected chi connectivity index (χ1v) is 6.41. The first-order valence-electron chi connectivity index (χ1n) is 6.00. The molecule has 2 N–H and O–H groups in total. The Morgan fingerprint density at radius 1 is 1.63 bits per heavy atom. The van der Waals surface area contributed by atoms with Crippen LogP contribution in [0.4, 0.5) is 0 Å². The third-order valence-corrected chi connectivity index (χ3v) is 3.03. The molecule has 2 aromatic rings. The normalized spacial score (nSPS) is 12.1. The number of nitrogens with zero attached hydrogens (tertiary/aromatic N) is 3. The largest absolute Gasteiger partial charge is 0.355 e. The minimum absolute atomic E-state index is 0.0925. The molecule has 0 aliphatic carbocycles. The fourth-order valence-corrected chi connectivity index (χ4v) is 2.09. The van der Waals surface area contributed by atoms with Gasteiger partial charge in [0, 0.05) is 24.5 Å². The highest BCUT2D eigenvalue weighted by atomic mass is 32.1. The average Bonchev–Trinajstić information content (AvgIpc) is 2.81. The van der Waals surface area contributed by atoms with Crippen LogP contribution in [0, 0.1) is 4.77 Å². The van der Waals surface area contributed by atoms with Crippen LogP contribution in [-0.2, 0) is 4.79 Å². The van der Waals surface area contributed by atoms with Crippen LogP contribution in [-0.4, -0.2) is 32.2 Å². The number of carbonyl (C=O) groups is 1. The number of H-pyrrole nitrogens is 1. The highest BCUT2D eigenvalue weighted by Gasteiger charge is 2.20. The zero-order valence-electron chi connectivity index (χ0n) is 10.8. The summed E-state index contributed by atoms with van der Waals surface area (Å²) in [7, 11) is 0. The van der Waals surface area contributed by atoms with E-state index in [1.807, 2.05) is 19.1 Å². The van der Waals surface area contributed by atoms with Gasteiger partial charge < -0.3 is 5.32 Å². The Labute approximate surface area is 115 Å². The third kappa shape index (κ3) is 2.70. The average molecular weight is 277 g/mol. The van der Waals surface area contributed by atoms with Gasteiger partial charge in [0.1, 0.15) is 6.04 Å². The van der Waals surface area contributed by atoms with Crippen LogP contribution < -0.4 is 5.32 Å². The van der Waals surface area contributed by atoms with Gasteiger partial charge in [-0.3, -0.25) is 19.4 Å². The monoisotopic (exact) mass is 277 g/mol. The molecule has 0 saturated heterocycles. The number of aromatic amines is 1. The minimum atomic E-state index is -0.429. The van der Waals surface area contributed by atoms with Gasteiger partial charge in [-0.1, -0.05) is 0 Å². The van der Waals surface area contributed by atoms with Gasteiger partial charge in [-0.2, -0.15) is 5.10 Å². The number of carbonyl (C=O) groups excluding carboxylic acids is 1. The van der Waals surface area contributed by atoms with Crippen LogP contribution in [0.5, 0.6) is 0 Å². The Kier molecular flexibility index (Phi) is 4.06. The summed E-state index contributed by atoms with van der Waals surface area (Å²) in [6.07, 6.45) is 3.37. The number of hydrogen-bond acceptors (Lipinski definition) is 4. The van der Waals surface area contributed by atoms with Crippen molar-refractivity contribution in [1.82, 2.24) is 25.1 Å². The van der Waals surface area contributed by atoms with Gasteiger partial charge in [0.05, 0.1) is 0 Å². The standard InChI is InChI=1S/C12H15N5OS/c1-3-14-11(18)8(2)17-10(15-16-12(17)19)9-5-4-6-13-7-9/h4-8H,3H2,1-2H3,(H,14,18)(H,16,19). The van der Waals surface area contributed by atoms with E-state index in [2.05, 4.69) is 20.5 Å². The molecule has 7 heteroatoms. The van der Waals surface area contributed by atoms with Crippen molar-refractivity contribution in [3.63, 3.8) is 0 Å². The van der Waals surface area contributed by atoms with E-state index in [0.29, 0.717) is 17.1 Å². The zero-order chi connectivity index (χ0) is 13.8. The van der Waals surface area contributed by atoms with Crippen molar-refractivity contribution in [3.05, 3.63) is 29.3 Å². The lowest BCUT2D eigenvalue weighted by atomic mass is 10.2. The number of pyridine rings is 1. The van der Waals surface area contributed by atoms with Crippen molar-refractivity contribution in [2.45, 2.75) is 19.9 Å². The summed E-state index contributed by atoms with van der Waals surface area (Å²) in [5, 5.41) is 9.67. The number of amides is 1. The quantitative estimate of drug-likeness (QED) is 0.834. The van der Waals surface area contributed by atoms with Gasteiger partial charge in [0.25, 0.3) is 0 Å². The van der Waals surface area contributed by atoms with Gasteiger partial charge in [-0.15, -0.1) is 0 Å². The van der Waals surface area contributed by atoms with E-state index in [4.69, 9.17) is 12.2 Å². The van der Waals surface area contributed by atoms with Crippen molar-refractivity contribution in [2.24, 2.45) is 0 Å².